The van der Waals surface area contributed by atoms with Gasteiger partial charge in [-0.3, -0.25) is 9.80 Å². The Bertz CT molecular complexity index is 1170. The van der Waals surface area contributed by atoms with Crippen LogP contribution in [0, 0.1) is 6.92 Å². The van der Waals surface area contributed by atoms with Gasteiger partial charge in [0.1, 0.15) is 5.75 Å². The second-order valence-corrected chi connectivity index (χ2v) is 8.73. The van der Waals surface area contributed by atoms with Crippen molar-refractivity contribution in [1.29, 1.82) is 0 Å². The normalized spacial score (nSPS) is 17.7. The van der Waals surface area contributed by atoms with Crippen LogP contribution in [-0.4, -0.2) is 65.6 Å². The van der Waals surface area contributed by atoms with E-state index in [1.165, 1.54) is 6.07 Å². The maximum absolute atomic E-state index is 13.1. The quantitative estimate of drug-likeness (QED) is 0.503. The molecule has 1 saturated heterocycles. The van der Waals surface area contributed by atoms with Crippen LogP contribution in [0.2, 0.25) is 5.02 Å². The Hall–Kier alpha value is -2.68. The van der Waals surface area contributed by atoms with Crippen LogP contribution in [0.5, 0.6) is 5.75 Å². The number of ether oxygens (including phenoxy) is 1. The van der Waals surface area contributed by atoms with Gasteiger partial charge in [0.05, 0.1) is 24.2 Å². The van der Waals surface area contributed by atoms with E-state index in [4.69, 9.17) is 16.3 Å². The van der Waals surface area contributed by atoms with E-state index in [-0.39, 0.29) is 23.2 Å². The third kappa shape index (κ3) is 4.83. The number of carboxylic acid groups (broad SMARTS) is 1. The molecule has 0 radical (unpaired) electrons. The molecule has 1 aliphatic heterocycles. The first kappa shape index (κ1) is 23.5. The highest BCUT2D eigenvalue weighted by atomic mass is 35.5. The Morgan fingerprint density at radius 2 is 2.09 bits per heavy atom. The first-order chi connectivity index (χ1) is 15.8. The molecule has 0 amide bonds. The number of benzene rings is 2. The highest BCUT2D eigenvalue weighted by molar-refractivity contribution is 6.33. The van der Waals surface area contributed by atoms with Crippen LogP contribution in [0.4, 0.5) is 8.78 Å². The lowest BCUT2D eigenvalue weighted by molar-refractivity contribution is 0.0245. The zero-order valence-corrected chi connectivity index (χ0v) is 19.2. The number of aryl methyl sites for hydroxylation is 1. The zero-order chi connectivity index (χ0) is 23.7. The molecule has 2 heterocycles. The Balaban J connectivity index is 1.71. The highest BCUT2D eigenvalue weighted by Gasteiger charge is 2.31. The number of piperazine rings is 1. The summed E-state index contributed by atoms with van der Waals surface area (Å²) in [6, 6.07) is 8.60. The Morgan fingerprint density at radius 3 is 2.76 bits per heavy atom. The van der Waals surface area contributed by atoms with Gasteiger partial charge in [-0.1, -0.05) is 17.7 Å². The Kier molecular flexibility index (Phi) is 6.88. The van der Waals surface area contributed by atoms with Gasteiger partial charge in [-0.25, -0.2) is 13.6 Å². The van der Waals surface area contributed by atoms with E-state index in [9.17, 15) is 18.7 Å². The van der Waals surface area contributed by atoms with E-state index < -0.39 is 12.4 Å². The summed E-state index contributed by atoms with van der Waals surface area (Å²) in [6.07, 6.45) is -0.532. The van der Waals surface area contributed by atoms with Gasteiger partial charge in [0.15, 0.2) is 0 Å². The summed E-state index contributed by atoms with van der Waals surface area (Å²) in [5, 5.41) is 10.5. The van der Waals surface area contributed by atoms with Crippen molar-refractivity contribution in [2.24, 2.45) is 0 Å². The number of methoxy groups -OCH3 is 1. The molecule has 0 spiro atoms. The number of aromatic carboxylic acids is 1. The van der Waals surface area contributed by atoms with Crippen molar-refractivity contribution in [2.45, 2.75) is 25.9 Å². The minimum absolute atomic E-state index is 0.0152. The van der Waals surface area contributed by atoms with Gasteiger partial charge >= 0.3 is 5.97 Å². The van der Waals surface area contributed by atoms with Crippen molar-refractivity contribution < 1.29 is 23.4 Å². The number of hydrogen-bond donors (Lipinski definition) is 2. The summed E-state index contributed by atoms with van der Waals surface area (Å²) < 4.78 is 31.9. The number of rotatable bonds is 7. The average molecular weight is 478 g/mol. The van der Waals surface area contributed by atoms with Gasteiger partial charge in [0.25, 0.3) is 6.43 Å². The number of nitrogens with zero attached hydrogens (tertiary/aromatic N) is 2. The zero-order valence-electron chi connectivity index (χ0n) is 18.4. The summed E-state index contributed by atoms with van der Waals surface area (Å²) in [5.74, 6) is -0.335. The SMILES string of the molecule is COc1cc(C)c2[nH]ccc2c1CN1CCN(CC(F)F)CC1c1ccc(C(=O)O)c(Cl)c1. The average Bonchev–Trinajstić information content (AvgIpc) is 3.26. The lowest BCUT2D eigenvalue weighted by Gasteiger charge is -2.42. The van der Waals surface area contributed by atoms with Crippen LogP contribution in [0.15, 0.2) is 36.5 Å². The molecule has 0 bridgehead atoms. The molecule has 1 aliphatic rings. The summed E-state index contributed by atoms with van der Waals surface area (Å²) >= 11 is 6.24. The molecule has 3 aromatic rings. The lowest BCUT2D eigenvalue weighted by Crippen LogP contribution is -2.49. The lowest BCUT2D eigenvalue weighted by atomic mass is 9.98. The summed E-state index contributed by atoms with van der Waals surface area (Å²) in [5.41, 5.74) is 3.93. The monoisotopic (exact) mass is 477 g/mol. The van der Waals surface area contributed by atoms with Crippen molar-refractivity contribution in [1.82, 2.24) is 14.8 Å². The molecule has 1 unspecified atom stereocenters. The van der Waals surface area contributed by atoms with Crippen molar-refractivity contribution in [3.05, 3.63) is 63.8 Å². The predicted octanol–water partition coefficient (Wildman–Crippen LogP) is 4.96. The van der Waals surface area contributed by atoms with E-state index in [0.717, 1.165) is 33.3 Å². The van der Waals surface area contributed by atoms with Crippen molar-refractivity contribution in [2.75, 3.05) is 33.3 Å². The molecule has 0 aliphatic carbocycles. The highest BCUT2D eigenvalue weighted by Crippen LogP contribution is 2.36. The second-order valence-electron chi connectivity index (χ2n) is 8.32. The first-order valence-electron chi connectivity index (χ1n) is 10.7. The van der Waals surface area contributed by atoms with Crippen molar-refractivity contribution in [3.8, 4) is 5.75 Å². The van der Waals surface area contributed by atoms with Crippen LogP contribution >= 0.6 is 11.6 Å². The molecular formula is C24H26ClF2N3O3. The first-order valence-corrected chi connectivity index (χ1v) is 11.1. The topological polar surface area (TPSA) is 68.8 Å². The van der Waals surface area contributed by atoms with Gasteiger partial charge < -0.3 is 14.8 Å². The third-order valence-electron chi connectivity index (χ3n) is 6.27. The molecule has 9 heteroatoms. The fourth-order valence-electron chi connectivity index (χ4n) is 4.64. The van der Waals surface area contributed by atoms with Gasteiger partial charge in [0.2, 0.25) is 0 Å². The van der Waals surface area contributed by atoms with Crippen LogP contribution in [0.3, 0.4) is 0 Å². The number of fused-ring (bicyclic) bond motifs is 1. The van der Waals surface area contributed by atoms with E-state index in [1.807, 2.05) is 25.3 Å². The number of aromatic nitrogens is 1. The standard InChI is InChI=1S/C24H26ClF2N3O3/c1-14-9-21(33-2)18(16-5-6-28-23(14)16)11-30-8-7-29(13-22(26)27)12-20(30)15-3-4-17(24(31)32)19(25)10-15/h3-6,9-10,20,22,28H,7-8,11-13H2,1-2H3,(H,31,32). The fraction of sp³-hybridized carbons (Fsp3) is 0.375. The molecule has 1 aromatic heterocycles. The number of halogens is 3. The molecule has 1 atom stereocenters. The molecule has 2 aromatic carbocycles. The number of alkyl halides is 2. The van der Waals surface area contributed by atoms with Crippen molar-refractivity contribution >= 4 is 28.5 Å². The number of carboxylic acids is 1. The Labute approximate surface area is 195 Å². The van der Waals surface area contributed by atoms with Gasteiger partial charge in [-0.15, -0.1) is 0 Å². The number of aromatic amines is 1. The molecule has 6 nitrogen and oxygen atoms in total. The minimum Gasteiger partial charge on any atom is -0.496 e. The van der Waals surface area contributed by atoms with E-state index in [1.54, 1.807) is 24.1 Å². The molecule has 33 heavy (non-hydrogen) atoms. The van der Waals surface area contributed by atoms with Crippen LogP contribution < -0.4 is 4.74 Å². The maximum Gasteiger partial charge on any atom is 0.337 e. The minimum atomic E-state index is -2.42. The summed E-state index contributed by atoms with van der Waals surface area (Å²) in [6.45, 7) is 3.72. The molecule has 4 rings (SSSR count). The van der Waals surface area contributed by atoms with E-state index in [2.05, 4.69) is 9.88 Å². The van der Waals surface area contributed by atoms with Gasteiger partial charge in [-0.05, 0) is 42.3 Å². The van der Waals surface area contributed by atoms with E-state index in [0.29, 0.717) is 26.2 Å². The number of nitrogens with one attached hydrogen (secondary N) is 1. The third-order valence-corrected chi connectivity index (χ3v) is 6.59. The van der Waals surface area contributed by atoms with Crippen molar-refractivity contribution in [3.63, 3.8) is 0 Å². The van der Waals surface area contributed by atoms with Crippen LogP contribution in [-0.2, 0) is 6.54 Å². The van der Waals surface area contributed by atoms with Gasteiger partial charge in [-0.2, -0.15) is 0 Å². The van der Waals surface area contributed by atoms with E-state index >= 15 is 0 Å². The second kappa shape index (κ2) is 9.67. The largest absolute Gasteiger partial charge is 0.496 e. The summed E-state index contributed by atoms with van der Waals surface area (Å²) in [7, 11) is 1.64. The summed E-state index contributed by atoms with van der Waals surface area (Å²) in [4.78, 5) is 18.6. The Morgan fingerprint density at radius 1 is 1.30 bits per heavy atom. The van der Waals surface area contributed by atoms with Gasteiger partial charge in [0, 0.05) is 54.9 Å². The number of H-pyrrole nitrogens is 1. The van der Waals surface area contributed by atoms with Crippen LogP contribution in [0.1, 0.15) is 33.1 Å². The number of carbonyl (C=O) groups is 1. The fourth-order valence-corrected chi connectivity index (χ4v) is 4.91. The molecule has 2 N–H and O–H groups in total. The molecule has 1 fully saturated rings. The maximum atomic E-state index is 13.1. The molecule has 176 valence electrons. The predicted molar refractivity (Wildman–Crippen MR) is 124 cm³/mol. The molecular weight excluding hydrogens is 452 g/mol. The van der Waals surface area contributed by atoms with Crippen LogP contribution in [0.25, 0.3) is 10.9 Å². The molecule has 0 saturated carbocycles. The number of hydrogen-bond acceptors (Lipinski definition) is 4. The smallest absolute Gasteiger partial charge is 0.337 e.